The monoisotopic (exact) mass is 565 g/mol. The number of aromatic carboxylic acids is 1. The Kier molecular flexibility index (Phi) is 7.53. The summed E-state index contributed by atoms with van der Waals surface area (Å²) in [5.74, 6) is -1.76. The zero-order chi connectivity index (χ0) is 27.5. The van der Waals surface area contributed by atoms with Crippen molar-refractivity contribution in [3.63, 3.8) is 0 Å². The summed E-state index contributed by atoms with van der Waals surface area (Å²) in [6, 6.07) is 13.4. The first-order valence-electron chi connectivity index (χ1n) is 11.9. The topological polar surface area (TPSA) is 143 Å². The summed E-state index contributed by atoms with van der Waals surface area (Å²) < 4.78 is 1.49. The van der Waals surface area contributed by atoms with Crippen molar-refractivity contribution in [3.8, 4) is 5.69 Å². The molecular formula is C26H21Cl2N7O4. The first kappa shape index (κ1) is 26.3. The molecule has 0 saturated carbocycles. The zero-order valence-corrected chi connectivity index (χ0v) is 21.8. The average Bonchev–Trinajstić information content (AvgIpc) is 3.46. The standard InChI is InChI=1S/C26H21Cl2N7O4/c27-17-4-8-21(35-14-29-32-33-35)16(13-17)3-10-23(36)34-12-11-20-19(7-9-22(28)31-20)24(34)25(37)30-18-5-1-15(2-6-18)26(38)39/h1-2,4-9,13-14,24H,3,10-12H2,(H,30,37)(H,38,39). The molecule has 1 aliphatic rings. The second-order valence-corrected chi connectivity index (χ2v) is 9.63. The van der Waals surface area contributed by atoms with Crippen LogP contribution in [0.15, 0.2) is 60.9 Å². The van der Waals surface area contributed by atoms with Crippen LogP contribution in [0.4, 0.5) is 5.69 Å². The maximum atomic E-state index is 13.6. The van der Waals surface area contributed by atoms with E-state index < -0.39 is 17.9 Å². The largest absolute Gasteiger partial charge is 0.478 e. The fourth-order valence-electron chi connectivity index (χ4n) is 4.55. The van der Waals surface area contributed by atoms with Crippen LogP contribution < -0.4 is 5.32 Å². The quantitative estimate of drug-likeness (QED) is 0.322. The molecule has 39 heavy (non-hydrogen) atoms. The number of carbonyl (C=O) groups is 3. The highest BCUT2D eigenvalue weighted by molar-refractivity contribution is 6.30. The van der Waals surface area contributed by atoms with Crippen LogP contribution in [0, 0.1) is 0 Å². The molecule has 2 N–H and O–H groups in total. The van der Waals surface area contributed by atoms with Crippen molar-refractivity contribution < 1.29 is 19.5 Å². The Morgan fingerprint density at radius 1 is 1.05 bits per heavy atom. The van der Waals surface area contributed by atoms with Crippen molar-refractivity contribution >= 4 is 46.7 Å². The third-order valence-electron chi connectivity index (χ3n) is 6.38. The molecule has 2 amide bonds. The summed E-state index contributed by atoms with van der Waals surface area (Å²) in [7, 11) is 0. The lowest BCUT2D eigenvalue weighted by Gasteiger charge is -2.36. The van der Waals surface area contributed by atoms with E-state index in [1.807, 2.05) is 0 Å². The van der Waals surface area contributed by atoms with Crippen LogP contribution in [-0.2, 0) is 22.4 Å². The van der Waals surface area contributed by atoms with Gasteiger partial charge < -0.3 is 15.3 Å². The Morgan fingerprint density at radius 2 is 1.85 bits per heavy atom. The number of nitrogens with zero attached hydrogens (tertiary/aromatic N) is 6. The molecule has 1 unspecified atom stereocenters. The van der Waals surface area contributed by atoms with Crippen molar-refractivity contribution in [2.24, 2.45) is 0 Å². The Hall–Kier alpha value is -4.35. The lowest BCUT2D eigenvalue weighted by atomic mass is 9.95. The number of tetrazole rings is 1. The number of hydrogen-bond acceptors (Lipinski definition) is 7. The summed E-state index contributed by atoms with van der Waals surface area (Å²) in [5, 5.41) is 24.0. The molecule has 3 heterocycles. The van der Waals surface area contributed by atoms with E-state index >= 15 is 0 Å². The first-order valence-corrected chi connectivity index (χ1v) is 12.7. The minimum absolute atomic E-state index is 0.0914. The summed E-state index contributed by atoms with van der Waals surface area (Å²) in [6.07, 6.45) is 2.33. The number of anilines is 1. The first-order chi connectivity index (χ1) is 18.8. The van der Waals surface area contributed by atoms with E-state index in [0.29, 0.717) is 45.6 Å². The number of carbonyl (C=O) groups excluding carboxylic acids is 2. The Labute approximate surface area is 232 Å². The molecule has 2 aromatic heterocycles. The highest BCUT2D eigenvalue weighted by Gasteiger charge is 2.36. The lowest BCUT2D eigenvalue weighted by Crippen LogP contribution is -2.45. The van der Waals surface area contributed by atoms with Gasteiger partial charge in [-0.15, -0.1) is 5.10 Å². The predicted octanol–water partition coefficient (Wildman–Crippen LogP) is 3.76. The van der Waals surface area contributed by atoms with Crippen molar-refractivity contribution in [1.29, 1.82) is 0 Å². The van der Waals surface area contributed by atoms with E-state index in [0.717, 1.165) is 5.56 Å². The van der Waals surface area contributed by atoms with Gasteiger partial charge in [-0.2, -0.15) is 0 Å². The predicted molar refractivity (Wildman–Crippen MR) is 142 cm³/mol. The molecule has 13 heteroatoms. The molecule has 5 rings (SSSR count). The number of pyridine rings is 1. The maximum absolute atomic E-state index is 13.6. The third-order valence-corrected chi connectivity index (χ3v) is 6.83. The van der Waals surface area contributed by atoms with Gasteiger partial charge in [0.15, 0.2) is 0 Å². The van der Waals surface area contributed by atoms with Crippen molar-refractivity contribution in [1.82, 2.24) is 30.1 Å². The number of nitrogens with one attached hydrogen (secondary N) is 1. The summed E-state index contributed by atoms with van der Waals surface area (Å²) in [6.45, 7) is 0.268. The van der Waals surface area contributed by atoms with Gasteiger partial charge in [0, 0.05) is 41.4 Å². The van der Waals surface area contributed by atoms with Gasteiger partial charge in [0.25, 0.3) is 5.91 Å². The minimum atomic E-state index is -1.07. The maximum Gasteiger partial charge on any atom is 0.335 e. The summed E-state index contributed by atoms with van der Waals surface area (Å²) in [5.41, 5.74) is 3.18. The number of fused-ring (bicyclic) bond motifs is 1. The fourth-order valence-corrected chi connectivity index (χ4v) is 4.91. The molecule has 0 saturated heterocycles. The molecule has 0 aliphatic carbocycles. The van der Waals surface area contributed by atoms with Crippen LogP contribution in [-0.4, -0.2) is 59.5 Å². The molecular weight excluding hydrogens is 545 g/mol. The smallest absolute Gasteiger partial charge is 0.335 e. The van der Waals surface area contributed by atoms with E-state index in [-0.39, 0.29) is 24.4 Å². The molecule has 0 fully saturated rings. The SMILES string of the molecule is O=C(O)c1ccc(NC(=O)C2c3ccc(Cl)nc3CCN2C(=O)CCc2cc(Cl)ccc2-n2cnnn2)cc1. The number of rotatable bonds is 7. The van der Waals surface area contributed by atoms with E-state index in [9.17, 15) is 14.4 Å². The Morgan fingerprint density at radius 3 is 2.56 bits per heavy atom. The van der Waals surface area contributed by atoms with Crippen LogP contribution in [0.5, 0.6) is 0 Å². The number of benzene rings is 2. The summed E-state index contributed by atoms with van der Waals surface area (Å²) in [4.78, 5) is 44.2. The third kappa shape index (κ3) is 5.74. The molecule has 2 aromatic carbocycles. The van der Waals surface area contributed by atoms with Crippen LogP contribution in [0.2, 0.25) is 10.2 Å². The lowest BCUT2D eigenvalue weighted by molar-refractivity contribution is -0.139. The Bertz CT molecular complexity index is 1540. The number of carboxylic acids is 1. The molecule has 11 nitrogen and oxygen atoms in total. The minimum Gasteiger partial charge on any atom is -0.478 e. The number of aryl methyl sites for hydroxylation is 1. The molecule has 0 bridgehead atoms. The van der Waals surface area contributed by atoms with Crippen LogP contribution in [0.25, 0.3) is 5.69 Å². The van der Waals surface area contributed by atoms with Gasteiger partial charge in [0.05, 0.1) is 11.3 Å². The fraction of sp³-hybridized carbons (Fsp3) is 0.192. The summed E-state index contributed by atoms with van der Waals surface area (Å²) >= 11 is 12.3. The van der Waals surface area contributed by atoms with E-state index in [2.05, 4.69) is 25.8 Å². The molecule has 0 spiro atoms. The van der Waals surface area contributed by atoms with E-state index in [4.69, 9.17) is 28.3 Å². The van der Waals surface area contributed by atoms with Gasteiger partial charge in [-0.05, 0) is 70.9 Å². The van der Waals surface area contributed by atoms with Crippen molar-refractivity contribution in [2.45, 2.75) is 25.3 Å². The number of halogens is 2. The molecule has 1 atom stereocenters. The van der Waals surface area contributed by atoms with Crippen LogP contribution in [0.3, 0.4) is 0 Å². The number of aromatic nitrogens is 5. The van der Waals surface area contributed by atoms with E-state index in [1.165, 1.54) is 40.2 Å². The molecule has 4 aromatic rings. The number of carboxylic acid groups (broad SMARTS) is 1. The zero-order valence-electron chi connectivity index (χ0n) is 20.3. The van der Waals surface area contributed by atoms with Crippen LogP contribution in [0.1, 0.15) is 39.6 Å². The van der Waals surface area contributed by atoms with Crippen LogP contribution >= 0.6 is 23.2 Å². The molecule has 198 valence electrons. The highest BCUT2D eigenvalue weighted by atomic mass is 35.5. The highest BCUT2D eigenvalue weighted by Crippen LogP contribution is 2.32. The van der Waals surface area contributed by atoms with E-state index in [1.54, 1.807) is 30.3 Å². The second-order valence-electron chi connectivity index (χ2n) is 8.81. The molecule has 0 radical (unpaired) electrons. The van der Waals surface area contributed by atoms with Gasteiger partial charge in [-0.1, -0.05) is 29.3 Å². The van der Waals surface area contributed by atoms with Crippen molar-refractivity contribution in [3.05, 3.63) is 93.5 Å². The second kappa shape index (κ2) is 11.2. The van der Waals surface area contributed by atoms with Gasteiger partial charge in [0.1, 0.15) is 17.5 Å². The van der Waals surface area contributed by atoms with Gasteiger partial charge in [-0.25, -0.2) is 14.5 Å². The van der Waals surface area contributed by atoms with Gasteiger partial charge in [0.2, 0.25) is 5.91 Å². The Balaban J connectivity index is 1.39. The average molecular weight is 566 g/mol. The number of amides is 2. The van der Waals surface area contributed by atoms with Gasteiger partial charge in [-0.3, -0.25) is 9.59 Å². The molecule has 1 aliphatic heterocycles. The van der Waals surface area contributed by atoms with Crippen molar-refractivity contribution in [2.75, 3.05) is 11.9 Å². The number of hydrogen-bond donors (Lipinski definition) is 2. The normalized spacial score (nSPS) is 14.5. The van der Waals surface area contributed by atoms with Gasteiger partial charge >= 0.3 is 5.97 Å².